The Morgan fingerprint density at radius 2 is 1.12 bits per heavy atom. The zero-order chi connectivity index (χ0) is 42.6. The van der Waals surface area contributed by atoms with E-state index in [0.717, 1.165) is 24.3 Å². The second-order valence-electron chi connectivity index (χ2n) is 12.6. The molecule has 6 aromatic rings. The van der Waals surface area contributed by atoms with Crippen LogP contribution in [0.15, 0.2) is 130 Å². The first-order chi connectivity index (χ1) is 27.8. The highest BCUT2D eigenvalue weighted by Gasteiger charge is 2.46. The largest absolute Gasteiger partial charge is 0.519 e. The summed E-state index contributed by atoms with van der Waals surface area (Å²) in [4.78, 5) is 22.0. The maximum atomic E-state index is 14.7. The van der Waals surface area contributed by atoms with E-state index >= 15 is 0 Å². The van der Waals surface area contributed by atoms with Gasteiger partial charge in [-0.2, -0.15) is 34.8 Å². The number of hydrogen-bond acceptors (Lipinski definition) is 12. The van der Waals surface area contributed by atoms with Crippen LogP contribution < -0.4 is 16.4 Å². The topological polar surface area (TPSA) is 186 Å². The number of halogens is 6. The first-order valence-corrected chi connectivity index (χ1v) is 20.2. The Kier molecular flexibility index (Phi) is 12.6. The van der Waals surface area contributed by atoms with Crippen molar-refractivity contribution in [2.75, 3.05) is 0 Å². The van der Waals surface area contributed by atoms with Crippen molar-refractivity contribution in [1.82, 2.24) is 0 Å². The van der Waals surface area contributed by atoms with E-state index in [1.54, 1.807) is 54.6 Å². The molecule has 312 valence electrons. The van der Waals surface area contributed by atoms with E-state index in [9.17, 15) is 53.5 Å². The molecule has 0 fully saturated rings. The molecule has 4 aromatic carbocycles. The van der Waals surface area contributed by atoms with Crippen LogP contribution in [0.5, 0.6) is 11.5 Å². The molecule has 0 unspecified atom stereocenters. The number of rotatable bonds is 16. The fourth-order valence-corrected chi connectivity index (χ4v) is 9.34. The minimum absolute atomic E-state index is 0.0921. The third-order valence-electron chi connectivity index (χ3n) is 8.48. The number of hydrogen-bond donors (Lipinski definition) is 1. The summed E-state index contributed by atoms with van der Waals surface area (Å²) in [5.74, 6) is -3.90. The van der Waals surface area contributed by atoms with E-state index in [4.69, 9.17) is 31.5 Å². The van der Waals surface area contributed by atoms with Gasteiger partial charge in [-0.05, 0) is 73.4 Å². The molecule has 0 saturated heterocycles. The summed E-state index contributed by atoms with van der Waals surface area (Å²) >= 11 is 0. The average Bonchev–Trinajstić information content (AvgIpc) is 3.75. The Labute approximate surface area is 329 Å². The highest BCUT2D eigenvalue weighted by molar-refractivity contribution is 7.94. The summed E-state index contributed by atoms with van der Waals surface area (Å²) in [6.45, 7) is -2.18. The molecule has 2 aromatic heterocycles. The van der Waals surface area contributed by atoms with E-state index in [-0.39, 0.29) is 24.0 Å². The maximum Gasteiger partial charge on any atom is 0.519 e. The van der Waals surface area contributed by atoms with Crippen LogP contribution in [0.2, 0.25) is 0 Å². The number of ether oxygens (including phenoxy) is 1. The van der Waals surface area contributed by atoms with Crippen LogP contribution in [-0.4, -0.2) is 18.0 Å². The van der Waals surface area contributed by atoms with Gasteiger partial charge >= 0.3 is 31.6 Å². The molecule has 0 bridgehead atoms. The Bertz CT molecular complexity index is 2530. The molecular weight excluding hydrogens is 841 g/mol. The Hall–Kier alpha value is -5.66. The summed E-state index contributed by atoms with van der Waals surface area (Å²) in [7, 11) is -10.7. The van der Waals surface area contributed by atoms with Crippen LogP contribution in [0.3, 0.4) is 0 Å². The maximum absolute atomic E-state index is 14.7. The quantitative estimate of drug-likeness (QED) is 0.0551. The molecule has 1 atom stereocenters. The summed E-state index contributed by atoms with van der Waals surface area (Å²) in [6, 6.07) is 21.9. The van der Waals surface area contributed by atoms with Crippen molar-refractivity contribution < 1.29 is 75.3 Å². The van der Waals surface area contributed by atoms with E-state index in [1.807, 2.05) is 0 Å². The smallest absolute Gasteiger partial charge is 0.457 e. The fourth-order valence-electron chi connectivity index (χ4n) is 5.71. The van der Waals surface area contributed by atoms with Crippen LogP contribution in [0, 0.1) is 0 Å². The average molecular weight is 871 g/mol. The molecule has 0 spiro atoms. The Balaban J connectivity index is 1.29. The van der Waals surface area contributed by atoms with Gasteiger partial charge in [0, 0.05) is 11.1 Å². The zero-order valence-corrected chi connectivity index (χ0v) is 31.6. The summed E-state index contributed by atoms with van der Waals surface area (Å²) < 4.78 is 167. The summed E-state index contributed by atoms with van der Waals surface area (Å²) in [5.41, 5.74) is -1.73. The first-order valence-electron chi connectivity index (χ1n) is 17.1. The standard InChI is InChI=1S/C38H29F6O13PS/c39-37(40,41)26-16-12-24(13-17-26)33-30(54-35(45)56-33)21-51-58(47,52-22-31-34(57-36(46)55-31)25-14-18-27(19-15-25)38(42,43)44)32(59(48,49)50)11-5-7-23-6-4-10-29(20-23)53-28-8-2-1-3-9-28/h1-4,6,8-10,12-20,32H,5,7,11,21-22H2,(H,48,49,50)/t32-/m0/s1. The lowest BCUT2D eigenvalue weighted by molar-refractivity contribution is -0.138. The lowest BCUT2D eigenvalue weighted by Crippen LogP contribution is -2.23. The number of benzene rings is 4. The Morgan fingerprint density at radius 1 is 0.644 bits per heavy atom. The molecule has 6 rings (SSSR count). The van der Waals surface area contributed by atoms with Crippen molar-refractivity contribution in [2.45, 2.75) is 49.8 Å². The van der Waals surface area contributed by atoms with Gasteiger partial charge < -0.3 is 22.4 Å². The predicted molar refractivity (Wildman–Crippen MR) is 194 cm³/mol. The molecule has 0 amide bonds. The molecule has 1 N–H and O–H groups in total. The van der Waals surface area contributed by atoms with Crippen molar-refractivity contribution in [3.05, 3.63) is 153 Å². The van der Waals surface area contributed by atoms with Crippen LogP contribution in [-0.2, 0) is 55.7 Å². The van der Waals surface area contributed by atoms with Gasteiger partial charge in [0.15, 0.2) is 28.0 Å². The third kappa shape index (κ3) is 10.9. The molecule has 59 heavy (non-hydrogen) atoms. The SMILES string of the molecule is O=c1oc(COP(=O)(OCc2oc(=O)oc2-c2ccc(C(F)(F)F)cc2)[C@H](CCCc2cccc(Oc3ccccc3)c2)S(=O)(=O)O)c(-c2ccc(C(F)(F)F)cc2)o1. The molecule has 21 heteroatoms. The molecule has 2 heterocycles. The van der Waals surface area contributed by atoms with Crippen molar-refractivity contribution >= 4 is 17.7 Å². The second kappa shape index (κ2) is 17.3. The van der Waals surface area contributed by atoms with Crippen LogP contribution >= 0.6 is 7.60 Å². The van der Waals surface area contributed by atoms with E-state index in [1.165, 1.54) is 0 Å². The van der Waals surface area contributed by atoms with Crippen LogP contribution in [0.25, 0.3) is 22.6 Å². The molecule has 0 aliphatic heterocycles. The van der Waals surface area contributed by atoms with Crippen molar-refractivity contribution in [3.63, 3.8) is 0 Å². The summed E-state index contributed by atoms with van der Waals surface area (Å²) in [5, 5.41) is 0. The zero-order valence-electron chi connectivity index (χ0n) is 29.9. The number of alkyl halides is 6. The van der Waals surface area contributed by atoms with Gasteiger partial charge in [0.2, 0.25) is 0 Å². The van der Waals surface area contributed by atoms with Gasteiger partial charge in [-0.25, -0.2) is 9.59 Å². The molecule has 13 nitrogen and oxygen atoms in total. The first kappa shape index (κ1) is 42.9. The summed E-state index contributed by atoms with van der Waals surface area (Å²) in [6.07, 6.45) is -10.00. The minimum Gasteiger partial charge on any atom is -0.457 e. The lowest BCUT2D eigenvalue weighted by Gasteiger charge is -2.24. The van der Waals surface area contributed by atoms with Gasteiger partial charge in [-0.15, -0.1) is 0 Å². The van der Waals surface area contributed by atoms with Gasteiger partial charge in [-0.1, -0.05) is 54.6 Å². The van der Waals surface area contributed by atoms with Crippen molar-refractivity contribution in [2.24, 2.45) is 0 Å². The monoisotopic (exact) mass is 870 g/mol. The van der Waals surface area contributed by atoms with Gasteiger partial charge in [-0.3, -0.25) is 18.2 Å². The van der Waals surface area contributed by atoms with E-state index in [2.05, 4.69) is 0 Å². The molecule has 0 radical (unpaired) electrons. The normalized spacial score (nSPS) is 13.1. The second-order valence-corrected chi connectivity index (χ2v) is 16.7. The lowest BCUT2D eigenvalue weighted by atomic mass is 10.1. The van der Waals surface area contributed by atoms with Gasteiger partial charge in [0.05, 0.1) is 11.1 Å². The molecule has 0 aliphatic rings. The number of aryl methyl sites for hydroxylation is 1. The molecule has 0 saturated carbocycles. The third-order valence-corrected chi connectivity index (χ3v) is 12.9. The van der Waals surface area contributed by atoms with Crippen molar-refractivity contribution in [3.8, 4) is 34.1 Å². The van der Waals surface area contributed by atoms with Gasteiger partial charge in [0.25, 0.3) is 10.1 Å². The fraction of sp³-hybridized carbons (Fsp3) is 0.211. The molecule has 0 aliphatic carbocycles. The van der Waals surface area contributed by atoms with Gasteiger partial charge in [0.1, 0.15) is 24.7 Å². The highest BCUT2D eigenvalue weighted by Crippen LogP contribution is 2.58. The highest BCUT2D eigenvalue weighted by atomic mass is 32.2. The predicted octanol–water partition coefficient (Wildman–Crippen LogP) is 10.1. The number of para-hydroxylation sites is 1. The Morgan fingerprint density at radius 3 is 1.58 bits per heavy atom. The molecular formula is C38H29F6O13PS. The minimum atomic E-state index is -5.37. The van der Waals surface area contributed by atoms with Crippen LogP contribution in [0.4, 0.5) is 26.3 Å². The van der Waals surface area contributed by atoms with E-state index < -0.39 is 101 Å². The van der Waals surface area contributed by atoms with Crippen LogP contribution in [0.1, 0.15) is 41.1 Å². The van der Waals surface area contributed by atoms with E-state index in [0.29, 0.717) is 41.3 Å². The van der Waals surface area contributed by atoms with Crippen molar-refractivity contribution in [1.29, 1.82) is 0 Å².